The first-order valence-corrected chi connectivity index (χ1v) is 8.34. The number of amides is 1. The summed E-state index contributed by atoms with van der Waals surface area (Å²) in [4.78, 5) is 14.5. The topological polar surface area (TPSA) is 59.4 Å². The van der Waals surface area contributed by atoms with Crippen LogP contribution in [-0.2, 0) is 11.8 Å². The molecule has 3 rings (SSSR count). The van der Waals surface area contributed by atoms with E-state index < -0.39 is 0 Å². The van der Waals surface area contributed by atoms with Crippen LogP contribution in [0.2, 0.25) is 0 Å². The van der Waals surface area contributed by atoms with Crippen molar-refractivity contribution in [1.82, 2.24) is 14.7 Å². The van der Waals surface area contributed by atoms with E-state index in [2.05, 4.69) is 15.3 Å². The van der Waals surface area contributed by atoms with Crippen molar-refractivity contribution in [3.05, 3.63) is 42.1 Å². The summed E-state index contributed by atoms with van der Waals surface area (Å²) in [5.74, 6) is 1.59. The second kappa shape index (κ2) is 7.49. The van der Waals surface area contributed by atoms with E-state index >= 15 is 0 Å². The summed E-state index contributed by atoms with van der Waals surface area (Å²) in [7, 11) is 1.83. The van der Waals surface area contributed by atoms with Gasteiger partial charge in [-0.1, -0.05) is 18.2 Å². The van der Waals surface area contributed by atoms with Gasteiger partial charge in [-0.05, 0) is 38.4 Å². The van der Waals surface area contributed by atoms with Crippen LogP contribution in [0.5, 0.6) is 5.75 Å². The Balaban J connectivity index is 1.51. The van der Waals surface area contributed by atoms with Crippen LogP contribution in [0.25, 0.3) is 0 Å². The average Bonchev–Trinajstić information content (AvgIpc) is 3.12. The van der Waals surface area contributed by atoms with E-state index in [0.717, 1.165) is 36.6 Å². The van der Waals surface area contributed by atoms with Crippen LogP contribution in [0.4, 0.5) is 5.82 Å². The number of carbonyl (C=O) groups is 1. The van der Waals surface area contributed by atoms with Gasteiger partial charge in [0.2, 0.25) is 5.91 Å². The highest BCUT2D eigenvalue weighted by Crippen LogP contribution is 2.19. The average molecular weight is 328 g/mol. The molecule has 0 radical (unpaired) electrons. The van der Waals surface area contributed by atoms with Crippen molar-refractivity contribution >= 4 is 11.7 Å². The van der Waals surface area contributed by atoms with Crippen LogP contribution in [0.15, 0.2) is 36.4 Å². The minimum Gasteiger partial charge on any atom is -0.492 e. The number of nitrogens with zero attached hydrogens (tertiary/aromatic N) is 3. The van der Waals surface area contributed by atoms with E-state index in [4.69, 9.17) is 4.74 Å². The molecule has 1 aromatic heterocycles. The smallest absolute Gasteiger partial charge is 0.239 e. The van der Waals surface area contributed by atoms with Crippen molar-refractivity contribution in [2.24, 2.45) is 7.05 Å². The SMILES string of the molecule is Cc1cc(NC(=O)CN2CCC[C@H]2COc2ccccc2)n(C)n1. The molecule has 0 bridgehead atoms. The Labute approximate surface area is 142 Å². The van der Waals surface area contributed by atoms with Gasteiger partial charge in [0.15, 0.2) is 0 Å². The number of carbonyl (C=O) groups excluding carboxylic acids is 1. The molecule has 1 fully saturated rings. The monoisotopic (exact) mass is 328 g/mol. The van der Waals surface area contributed by atoms with Gasteiger partial charge >= 0.3 is 0 Å². The van der Waals surface area contributed by atoms with Crippen LogP contribution < -0.4 is 10.1 Å². The number of likely N-dealkylation sites (tertiary alicyclic amines) is 1. The Kier molecular flexibility index (Phi) is 5.15. The van der Waals surface area contributed by atoms with E-state index in [-0.39, 0.29) is 11.9 Å². The molecule has 0 unspecified atom stereocenters. The van der Waals surface area contributed by atoms with E-state index in [9.17, 15) is 4.79 Å². The molecular formula is C18H24N4O2. The summed E-state index contributed by atoms with van der Waals surface area (Å²) < 4.78 is 7.54. The predicted octanol–water partition coefficient (Wildman–Crippen LogP) is 2.21. The molecule has 1 N–H and O–H groups in total. The fraction of sp³-hybridized carbons (Fsp3) is 0.444. The molecule has 6 heteroatoms. The lowest BCUT2D eigenvalue weighted by atomic mass is 10.2. The number of hydrogen-bond donors (Lipinski definition) is 1. The van der Waals surface area contributed by atoms with Gasteiger partial charge in [0, 0.05) is 19.2 Å². The van der Waals surface area contributed by atoms with E-state index in [0.29, 0.717) is 13.2 Å². The number of nitrogens with one attached hydrogen (secondary N) is 1. The molecule has 1 amide bonds. The van der Waals surface area contributed by atoms with Crippen molar-refractivity contribution in [3.8, 4) is 5.75 Å². The Hall–Kier alpha value is -2.34. The highest BCUT2D eigenvalue weighted by molar-refractivity contribution is 5.91. The predicted molar refractivity (Wildman–Crippen MR) is 93.1 cm³/mol. The normalized spacial score (nSPS) is 17.8. The third kappa shape index (κ3) is 4.14. The highest BCUT2D eigenvalue weighted by atomic mass is 16.5. The van der Waals surface area contributed by atoms with E-state index in [1.54, 1.807) is 4.68 Å². The number of benzene rings is 1. The molecule has 2 aromatic rings. The van der Waals surface area contributed by atoms with Gasteiger partial charge in [-0.3, -0.25) is 14.4 Å². The zero-order valence-corrected chi connectivity index (χ0v) is 14.2. The summed E-state index contributed by atoms with van der Waals surface area (Å²) in [6.07, 6.45) is 2.16. The van der Waals surface area contributed by atoms with Crippen LogP contribution in [0.1, 0.15) is 18.5 Å². The summed E-state index contributed by atoms with van der Waals surface area (Å²) in [5.41, 5.74) is 0.892. The zero-order chi connectivity index (χ0) is 16.9. The van der Waals surface area contributed by atoms with Crippen LogP contribution in [0, 0.1) is 6.92 Å². The van der Waals surface area contributed by atoms with Gasteiger partial charge in [0.05, 0.1) is 12.2 Å². The fourth-order valence-electron chi connectivity index (χ4n) is 3.10. The highest BCUT2D eigenvalue weighted by Gasteiger charge is 2.27. The Morgan fingerprint density at radius 2 is 2.17 bits per heavy atom. The molecule has 1 aromatic carbocycles. The first kappa shape index (κ1) is 16.5. The van der Waals surface area contributed by atoms with Crippen molar-refractivity contribution in [2.45, 2.75) is 25.8 Å². The lowest BCUT2D eigenvalue weighted by Crippen LogP contribution is -2.39. The molecule has 1 saturated heterocycles. The maximum Gasteiger partial charge on any atom is 0.239 e. The fourth-order valence-corrected chi connectivity index (χ4v) is 3.10. The minimum absolute atomic E-state index is 0.00962. The molecule has 0 spiro atoms. The molecule has 24 heavy (non-hydrogen) atoms. The number of para-hydroxylation sites is 1. The van der Waals surface area contributed by atoms with Gasteiger partial charge in [0.1, 0.15) is 18.2 Å². The first-order chi connectivity index (χ1) is 11.6. The van der Waals surface area contributed by atoms with Gasteiger partial charge in [0.25, 0.3) is 0 Å². The van der Waals surface area contributed by atoms with E-state index in [1.165, 1.54) is 0 Å². The van der Waals surface area contributed by atoms with Crippen molar-refractivity contribution in [1.29, 1.82) is 0 Å². The van der Waals surface area contributed by atoms with Gasteiger partial charge in [-0.25, -0.2) is 0 Å². The summed E-state index contributed by atoms with van der Waals surface area (Å²) in [5, 5.41) is 7.17. The largest absolute Gasteiger partial charge is 0.492 e. The van der Waals surface area contributed by atoms with Gasteiger partial charge in [-0.15, -0.1) is 0 Å². The molecule has 1 atom stereocenters. The van der Waals surface area contributed by atoms with Crippen molar-refractivity contribution in [2.75, 3.05) is 25.0 Å². The lowest BCUT2D eigenvalue weighted by Gasteiger charge is -2.23. The molecule has 0 saturated carbocycles. The summed E-state index contributed by atoms with van der Waals surface area (Å²) >= 11 is 0. The van der Waals surface area contributed by atoms with Gasteiger partial charge in [-0.2, -0.15) is 5.10 Å². The molecule has 6 nitrogen and oxygen atoms in total. The molecule has 2 heterocycles. The standard InChI is InChI=1S/C18H24N4O2/c1-14-11-17(21(2)20-14)19-18(23)12-22-10-6-7-15(22)13-24-16-8-4-3-5-9-16/h3-5,8-9,11,15H,6-7,10,12-13H2,1-2H3,(H,19,23)/t15-/m0/s1. The number of rotatable bonds is 6. The summed E-state index contributed by atoms with van der Waals surface area (Å²) in [6, 6.07) is 12.0. The second-order valence-electron chi connectivity index (χ2n) is 6.23. The molecule has 1 aliphatic rings. The Morgan fingerprint density at radius 3 is 2.88 bits per heavy atom. The number of hydrogen-bond acceptors (Lipinski definition) is 4. The number of aryl methyl sites for hydroxylation is 2. The minimum atomic E-state index is -0.00962. The van der Waals surface area contributed by atoms with Crippen molar-refractivity contribution < 1.29 is 9.53 Å². The second-order valence-corrected chi connectivity index (χ2v) is 6.23. The third-order valence-electron chi connectivity index (χ3n) is 4.30. The summed E-state index contributed by atoms with van der Waals surface area (Å²) in [6.45, 7) is 3.84. The number of anilines is 1. The van der Waals surface area contributed by atoms with Crippen LogP contribution >= 0.6 is 0 Å². The van der Waals surface area contributed by atoms with E-state index in [1.807, 2.05) is 50.4 Å². The van der Waals surface area contributed by atoms with Crippen LogP contribution in [-0.4, -0.2) is 46.3 Å². The maximum absolute atomic E-state index is 12.3. The van der Waals surface area contributed by atoms with Crippen LogP contribution in [0.3, 0.4) is 0 Å². The Bertz CT molecular complexity index is 684. The lowest BCUT2D eigenvalue weighted by molar-refractivity contribution is -0.117. The number of ether oxygens (including phenoxy) is 1. The molecule has 1 aliphatic heterocycles. The Morgan fingerprint density at radius 1 is 1.38 bits per heavy atom. The zero-order valence-electron chi connectivity index (χ0n) is 14.2. The van der Waals surface area contributed by atoms with Gasteiger partial charge < -0.3 is 10.1 Å². The first-order valence-electron chi connectivity index (χ1n) is 8.34. The number of aromatic nitrogens is 2. The molecular weight excluding hydrogens is 304 g/mol. The van der Waals surface area contributed by atoms with Crippen molar-refractivity contribution in [3.63, 3.8) is 0 Å². The molecule has 0 aliphatic carbocycles. The quantitative estimate of drug-likeness (QED) is 0.883. The third-order valence-corrected chi connectivity index (χ3v) is 4.30. The maximum atomic E-state index is 12.3. The molecule has 128 valence electrons.